The van der Waals surface area contributed by atoms with Crippen molar-refractivity contribution in [3.8, 4) is 16.2 Å². The number of thiophene rings is 2. The molecule has 1 aliphatic carbocycles. The quantitative estimate of drug-likeness (QED) is 0.310. The van der Waals surface area contributed by atoms with Crippen LogP contribution in [0.15, 0.2) is 36.4 Å². The highest BCUT2D eigenvalue weighted by Crippen LogP contribution is 2.40. The van der Waals surface area contributed by atoms with Gasteiger partial charge in [-0.25, -0.2) is 0 Å². The number of hydrogen-bond donors (Lipinski definition) is 0. The van der Waals surface area contributed by atoms with E-state index in [1.165, 1.54) is 71.2 Å². The molecule has 1 nitrogen and oxygen atoms in total. The van der Waals surface area contributed by atoms with Gasteiger partial charge in [0.05, 0.1) is 6.61 Å². The first-order valence-electron chi connectivity index (χ1n) is 11.5. The van der Waals surface area contributed by atoms with Gasteiger partial charge in [0, 0.05) is 19.2 Å². The molecule has 0 N–H and O–H groups in total. The molecule has 0 aliphatic heterocycles. The van der Waals surface area contributed by atoms with Gasteiger partial charge in [-0.3, -0.25) is 0 Å². The molecule has 3 aromatic rings. The summed E-state index contributed by atoms with van der Waals surface area (Å²) in [6, 6.07) is 13.4. The summed E-state index contributed by atoms with van der Waals surface area (Å²) in [6.07, 6.45) is 12.2. The molecule has 2 heterocycles. The maximum Gasteiger partial charge on any atom is 0.119 e. The number of hydrogen-bond acceptors (Lipinski definition) is 3. The molecular weight excluding hydrogens is 392 g/mol. The second-order valence-electron chi connectivity index (χ2n) is 8.61. The number of ether oxygens (including phenoxy) is 1. The van der Waals surface area contributed by atoms with Gasteiger partial charge in [-0.05, 0) is 73.1 Å². The van der Waals surface area contributed by atoms with Crippen molar-refractivity contribution in [2.24, 2.45) is 11.8 Å². The van der Waals surface area contributed by atoms with Crippen LogP contribution in [0.3, 0.4) is 0 Å². The lowest BCUT2D eigenvalue weighted by molar-refractivity contribution is 0.259. The SMILES string of the molecule is CCCCOc1ccc(-c2cc3sc(CCC4CCC(CC)CC4)cc3s2)cc1. The van der Waals surface area contributed by atoms with Crippen LogP contribution >= 0.6 is 22.7 Å². The average Bonchev–Trinajstić information content (AvgIpc) is 3.32. The maximum atomic E-state index is 5.79. The van der Waals surface area contributed by atoms with Crippen LogP contribution in [0.1, 0.15) is 70.1 Å². The smallest absolute Gasteiger partial charge is 0.119 e. The summed E-state index contributed by atoms with van der Waals surface area (Å²) in [7, 11) is 0. The molecule has 0 unspecified atom stereocenters. The summed E-state index contributed by atoms with van der Waals surface area (Å²) in [4.78, 5) is 2.95. The lowest BCUT2D eigenvalue weighted by Crippen LogP contribution is -2.14. The topological polar surface area (TPSA) is 9.23 Å². The summed E-state index contributed by atoms with van der Waals surface area (Å²) in [5.41, 5.74) is 1.30. The highest BCUT2D eigenvalue weighted by Gasteiger charge is 2.20. The van der Waals surface area contributed by atoms with Gasteiger partial charge in [-0.15, -0.1) is 22.7 Å². The van der Waals surface area contributed by atoms with Gasteiger partial charge in [-0.1, -0.05) is 52.4 Å². The number of rotatable bonds is 9. The molecule has 0 radical (unpaired) electrons. The van der Waals surface area contributed by atoms with E-state index in [2.05, 4.69) is 50.2 Å². The van der Waals surface area contributed by atoms with E-state index < -0.39 is 0 Å². The Hall–Kier alpha value is -1.32. The number of benzene rings is 1. The molecule has 0 spiro atoms. The molecule has 3 heteroatoms. The molecule has 0 amide bonds. The van der Waals surface area contributed by atoms with Crippen LogP contribution in [0.25, 0.3) is 19.8 Å². The minimum absolute atomic E-state index is 0.813. The fourth-order valence-electron chi connectivity index (χ4n) is 4.48. The molecule has 156 valence electrons. The number of unbranched alkanes of at least 4 members (excludes halogenated alkanes) is 1. The van der Waals surface area contributed by atoms with E-state index in [4.69, 9.17) is 4.74 Å². The van der Waals surface area contributed by atoms with Crippen molar-refractivity contribution in [2.45, 2.75) is 71.6 Å². The summed E-state index contributed by atoms with van der Waals surface area (Å²) in [5, 5.41) is 0. The molecule has 0 saturated heterocycles. The van der Waals surface area contributed by atoms with Gasteiger partial charge in [0.15, 0.2) is 0 Å². The Morgan fingerprint density at radius 2 is 1.62 bits per heavy atom. The lowest BCUT2D eigenvalue weighted by Gasteiger charge is -2.27. The number of fused-ring (bicyclic) bond motifs is 1. The fraction of sp³-hybridized carbons (Fsp3) is 0.538. The van der Waals surface area contributed by atoms with Crippen molar-refractivity contribution in [2.75, 3.05) is 6.61 Å². The van der Waals surface area contributed by atoms with Crippen LogP contribution in [0, 0.1) is 11.8 Å². The van der Waals surface area contributed by atoms with Crippen LogP contribution in [0.5, 0.6) is 5.75 Å². The largest absolute Gasteiger partial charge is 0.494 e. The zero-order valence-corrected chi connectivity index (χ0v) is 19.5. The first-order chi connectivity index (χ1) is 14.2. The molecule has 4 rings (SSSR count). The van der Waals surface area contributed by atoms with Crippen molar-refractivity contribution in [1.82, 2.24) is 0 Å². The second kappa shape index (κ2) is 10.1. The molecule has 2 aromatic heterocycles. The van der Waals surface area contributed by atoms with Gasteiger partial charge in [-0.2, -0.15) is 0 Å². The van der Waals surface area contributed by atoms with Gasteiger partial charge < -0.3 is 4.74 Å². The second-order valence-corrected chi connectivity index (χ2v) is 10.9. The van der Waals surface area contributed by atoms with Crippen LogP contribution in [-0.2, 0) is 6.42 Å². The van der Waals surface area contributed by atoms with Crippen LogP contribution in [0.2, 0.25) is 0 Å². The predicted molar refractivity (Wildman–Crippen MR) is 130 cm³/mol. The van der Waals surface area contributed by atoms with E-state index in [-0.39, 0.29) is 0 Å². The third-order valence-electron chi connectivity index (χ3n) is 6.51. The Balaban J connectivity index is 1.33. The Morgan fingerprint density at radius 1 is 0.897 bits per heavy atom. The average molecular weight is 427 g/mol. The highest BCUT2D eigenvalue weighted by atomic mass is 32.1. The Kier molecular flexibility index (Phi) is 7.31. The standard InChI is InChI=1S/C26H34OS2/c1-3-5-16-27-22-13-11-21(12-14-22)24-18-26-25(29-24)17-23(28-26)15-10-20-8-6-19(4-2)7-9-20/h11-14,17-20H,3-10,15-16H2,1-2H3. The summed E-state index contributed by atoms with van der Waals surface area (Å²) in [6.45, 7) is 5.36. The molecule has 1 saturated carbocycles. The molecule has 1 fully saturated rings. The first kappa shape index (κ1) is 20.9. The van der Waals surface area contributed by atoms with Crippen molar-refractivity contribution < 1.29 is 4.74 Å². The van der Waals surface area contributed by atoms with E-state index >= 15 is 0 Å². The van der Waals surface area contributed by atoms with Crippen molar-refractivity contribution in [3.63, 3.8) is 0 Å². The predicted octanol–water partition coefficient (Wildman–Crippen LogP) is 8.96. The normalized spacial score (nSPS) is 19.7. The monoisotopic (exact) mass is 426 g/mol. The molecule has 0 bridgehead atoms. The van der Waals surface area contributed by atoms with E-state index in [0.29, 0.717) is 0 Å². The molecule has 0 atom stereocenters. The zero-order chi connectivity index (χ0) is 20.1. The Labute approximate surface area is 184 Å². The van der Waals surface area contributed by atoms with E-state index in [9.17, 15) is 0 Å². The van der Waals surface area contributed by atoms with E-state index in [0.717, 1.165) is 30.6 Å². The van der Waals surface area contributed by atoms with Gasteiger partial charge >= 0.3 is 0 Å². The Morgan fingerprint density at radius 3 is 2.31 bits per heavy atom. The van der Waals surface area contributed by atoms with Crippen LogP contribution in [0.4, 0.5) is 0 Å². The summed E-state index contributed by atoms with van der Waals surface area (Å²) in [5.74, 6) is 2.95. The van der Waals surface area contributed by atoms with E-state index in [1.807, 2.05) is 22.7 Å². The van der Waals surface area contributed by atoms with Crippen molar-refractivity contribution >= 4 is 32.1 Å². The minimum atomic E-state index is 0.813. The summed E-state index contributed by atoms with van der Waals surface area (Å²) >= 11 is 3.94. The molecule has 1 aliphatic rings. The third-order valence-corrected chi connectivity index (χ3v) is 8.91. The minimum Gasteiger partial charge on any atom is -0.494 e. The van der Waals surface area contributed by atoms with Crippen LogP contribution < -0.4 is 4.74 Å². The lowest BCUT2D eigenvalue weighted by atomic mass is 9.79. The highest BCUT2D eigenvalue weighted by molar-refractivity contribution is 7.29. The zero-order valence-electron chi connectivity index (χ0n) is 17.9. The summed E-state index contributed by atoms with van der Waals surface area (Å²) < 4.78 is 8.70. The van der Waals surface area contributed by atoms with Crippen molar-refractivity contribution in [3.05, 3.63) is 41.3 Å². The van der Waals surface area contributed by atoms with Crippen LogP contribution in [-0.4, -0.2) is 6.61 Å². The van der Waals surface area contributed by atoms with Gasteiger partial charge in [0.1, 0.15) is 5.75 Å². The van der Waals surface area contributed by atoms with Gasteiger partial charge in [0.2, 0.25) is 0 Å². The Bertz CT molecular complexity index is 850. The molecule has 29 heavy (non-hydrogen) atoms. The maximum absolute atomic E-state index is 5.79. The van der Waals surface area contributed by atoms with Crippen molar-refractivity contribution in [1.29, 1.82) is 0 Å². The molecule has 1 aromatic carbocycles. The first-order valence-corrected chi connectivity index (χ1v) is 13.1. The molecular formula is C26H34OS2. The third kappa shape index (κ3) is 5.44. The fourth-order valence-corrected chi connectivity index (χ4v) is 6.92. The number of aryl methyl sites for hydroxylation is 1. The van der Waals surface area contributed by atoms with Gasteiger partial charge in [0.25, 0.3) is 0 Å². The van der Waals surface area contributed by atoms with E-state index in [1.54, 1.807) is 4.88 Å².